The largest absolute Gasteiger partial charge is 0.378 e. The van der Waals surface area contributed by atoms with Crippen LogP contribution in [0.1, 0.15) is 18.4 Å². The van der Waals surface area contributed by atoms with Crippen LogP contribution in [0.5, 0.6) is 0 Å². The van der Waals surface area contributed by atoms with Gasteiger partial charge in [-0.1, -0.05) is 28.1 Å². The quantitative estimate of drug-likeness (QED) is 0.536. The van der Waals surface area contributed by atoms with Crippen molar-refractivity contribution in [1.82, 2.24) is 5.43 Å². The zero-order valence-electron chi connectivity index (χ0n) is 14.7. The Hall–Kier alpha value is -2.67. The van der Waals surface area contributed by atoms with Gasteiger partial charge in [-0.3, -0.25) is 9.59 Å². The maximum absolute atomic E-state index is 11.8. The number of nitrogens with one attached hydrogen (secondary N) is 2. The first kappa shape index (κ1) is 19.7. The fourth-order valence-electron chi connectivity index (χ4n) is 2.08. The SMILES string of the molecule is CN(C)c1ccc(/C=N\NC(=O)CCC(=O)Nc2ccc(Br)cc2)cc1. The van der Waals surface area contributed by atoms with Crippen molar-refractivity contribution in [2.24, 2.45) is 5.10 Å². The Morgan fingerprint density at radius 3 is 2.23 bits per heavy atom. The second-order valence-electron chi connectivity index (χ2n) is 5.83. The van der Waals surface area contributed by atoms with E-state index in [0.29, 0.717) is 5.69 Å². The van der Waals surface area contributed by atoms with Gasteiger partial charge >= 0.3 is 0 Å². The van der Waals surface area contributed by atoms with Gasteiger partial charge in [0.25, 0.3) is 0 Å². The number of halogens is 1. The van der Waals surface area contributed by atoms with Crippen molar-refractivity contribution in [2.75, 3.05) is 24.3 Å². The lowest BCUT2D eigenvalue weighted by Crippen LogP contribution is -2.20. The molecule has 0 spiro atoms. The summed E-state index contributed by atoms with van der Waals surface area (Å²) in [6.07, 6.45) is 1.73. The normalized spacial score (nSPS) is 10.6. The zero-order valence-corrected chi connectivity index (χ0v) is 16.3. The fraction of sp³-hybridized carbons (Fsp3) is 0.211. The Kier molecular flexibility index (Phi) is 7.35. The van der Waals surface area contributed by atoms with Gasteiger partial charge in [0.05, 0.1) is 6.21 Å². The van der Waals surface area contributed by atoms with E-state index in [1.165, 1.54) is 0 Å². The first-order valence-corrected chi connectivity index (χ1v) is 8.88. The third kappa shape index (κ3) is 6.68. The molecule has 0 saturated heterocycles. The van der Waals surface area contributed by atoms with Crippen molar-refractivity contribution >= 4 is 45.3 Å². The van der Waals surface area contributed by atoms with Crippen LogP contribution < -0.4 is 15.6 Å². The summed E-state index contributed by atoms with van der Waals surface area (Å²) in [5.41, 5.74) is 5.09. The summed E-state index contributed by atoms with van der Waals surface area (Å²) in [7, 11) is 3.94. The summed E-state index contributed by atoms with van der Waals surface area (Å²) in [4.78, 5) is 25.6. The highest BCUT2D eigenvalue weighted by Gasteiger charge is 2.06. The molecule has 6 nitrogen and oxygen atoms in total. The predicted molar refractivity (Wildman–Crippen MR) is 109 cm³/mol. The third-order valence-electron chi connectivity index (χ3n) is 3.52. The number of anilines is 2. The lowest BCUT2D eigenvalue weighted by Gasteiger charge is -2.11. The van der Waals surface area contributed by atoms with Gasteiger partial charge in [-0.15, -0.1) is 0 Å². The molecule has 2 amide bonds. The molecule has 26 heavy (non-hydrogen) atoms. The average Bonchev–Trinajstić information content (AvgIpc) is 2.62. The molecule has 0 unspecified atom stereocenters. The summed E-state index contributed by atoms with van der Waals surface area (Å²) in [5.74, 6) is -0.525. The zero-order chi connectivity index (χ0) is 18.9. The summed E-state index contributed by atoms with van der Waals surface area (Å²) >= 11 is 3.33. The molecule has 2 aromatic carbocycles. The number of hydrazone groups is 1. The molecular formula is C19H21BrN4O2. The summed E-state index contributed by atoms with van der Waals surface area (Å²) < 4.78 is 0.934. The molecule has 0 radical (unpaired) electrons. The highest BCUT2D eigenvalue weighted by molar-refractivity contribution is 9.10. The molecule has 0 fully saturated rings. The number of hydrogen-bond acceptors (Lipinski definition) is 4. The summed E-state index contributed by atoms with van der Waals surface area (Å²) in [5, 5.41) is 6.65. The van der Waals surface area contributed by atoms with E-state index in [4.69, 9.17) is 0 Å². The van der Waals surface area contributed by atoms with Crippen LogP contribution in [0.2, 0.25) is 0 Å². The van der Waals surface area contributed by atoms with Crippen molar-refractivity contribution in [3.05, 3.63) is 58.6 Å². The standard InChI is InChI=1S/C19H21BrN4O2/c1-24(2)17-9-3-14(4-10-17)13-21-23-19(26)12-11-18(25)22-16-7-5-15(20)6-8-16/h3-10,13H,11-12H2,1-2H3,(H,22,25)(H,23,26)/b21-13-. The number of benzene rings is 2. The van der Waals surface area contributed by atoms with Crippen molar-refractivity contribution < 1.29 is 9.59 Å². The van der Waals surface area contributed by atoms with E-state index in [1.54, 1.807) is 18.3 Å². The van der Waals surface area contributed by atoms with Crippen LogP contribution in [0.25, 0.3) is 0 Å². The van der Waals surface area contributed by atoms with Gasteiger partial charge < -0.3 is 10.2 Å². The van der Waals surface area contributed by atoms with Gasteiger partial charge in [0, 0.05) is 42.8 Å². The molecule has 0 aliphatic rings. The Labute approximate surface area is 161 Å². The summed E-state index contributed by atoms with van der Waals surface area (Å²) in [6.45, 7) is 0. The molecule has 0 aliphatic heterocycles. The predicted octanol–water partition coefficient (Wildman–Crippen LogP) is 3.38. The fourth-order valence-corrected chi connectivity index (χ4v) is 2.34. The van der Waals surface area contributed by atoms with E-state index in [2.05, 4.69) is 31.8 Å². The maximum atomic E-state index is 11.8. The minimum atomic E-state index is -0.308. The van der Waals surface area contributed by atoms with Crippen LogP contribution in [0.3, 0.4) is 0 Å². The molecule has 0 saturated carbocycles. The number of hydrogen-bond donors (Lipinski definition) is 2. The molecule has 0 heterocycles. The van der Waals surface area contributed by atoms with Gasteiger partial charge in [-0.2, -0.15) is 5.10 Å². The van der Waals surface area contributed by atoms with E-state index in [9.17, 15) is 9.59 Å². The van der Waals surface area contributed by atoms with Gasteiger partial charge in [0.1, 0.15) is 0 Å². The van der Waals surface area contributed by atoms with Crippen molar-refractivity contribution in [1.29, 1.82) is 0 Å². The van der Waals surface area contributed by atoms with Crippen LogP contribution in [0, 0.1) is 0 Å². The molecule has 0 atom stereocenters. The summed E-state index contributed by atoms with van der Waals surface area (Å²) in [6, 6.07) is 15.0. The number of amides is 2. The first-order chi connectivity index (χ1) is 12.4. The van der Waals surface area contributed by atoms with Crippen molar-refractivity contribution in [3.8, 4) is 0 Å². The van der Waals surface area contributed by atoms with Gasteiger partial charge in [-0.25, -0.2) is 5.43 Å². The van der Waals surface area contributed by atoms with E-state index in [-0.39, 0.29) is 24.7 Å². The number of rotatable bonds is 7. The second-order valence-corrected chi connectivity index (χ2v) is 6.75. The Bertz CT molecular complexity index is 771. The van der Waals surface area contributed by atoms with Gasteiger partial charge in [0.2, 0.25) is 11.8 Å². The molecular weight excluding hydrogens is 396 g/mol. The van der Waals surface area contributed by atoms with E-state index in [1.807, 2.05) is 55.4 Å². The highest BCUT2D eigenvalue weighted by Crippen LogP contribution is 2.14. The number of nitrogens with zero attached hydrogens (tertiary/aromatic N) is 2. The minimum absolute atomic E-state index is 0.0687. The first-order valence-electron chi connectivity index (χ1n) is 8.09. The molecule has 0 bridgehead atoms. The monoisotopic (exact) mass is 416 g/mol. The number of carbonyl (C=O) groups is 2. The molecule has 2 N–H and O–H groups in total. The molecule has 2 rings (SSSR count). The smallest absolute Gasteiger partial charge is 0.240 e. The molecule has 2 aromatic rings. The Morgan fingerprint density at radius 2 is 1.62 bits per heavy atom. The second kappa shape index (κ2) is 9.72. The molecule has 0 aliphatic carbocycles. The van der Waals surface area contributed by atoms with E-state index >= 15 is 0 Å². The number of carbonyl (C=O) groups excluding carboxylic acids is 2. The van der Waals surface area contributed by atoms with Crippen LogP contribution in [-0.4, -0.2) is 32.1 Å². The van der Waals surface area contributed by atoms with Crippen molar-refractivity contribution in [3.63, 3.8) is 0 Å². The molecule has 136 valence electrons. The molecule has 0 aromatic heterocycles. The molecule has 7 heteroatoms. The topological polar surface area (TPSA) is 73.8 Å². The van der Waals surface area contributed by atoms with E-state index in [0.717, 1.165) is 15.7 Å². The Balaban J connectivity index is 1.72. The van der Waals surface area contributed by atoms with Crippen LogP contribution >= 0.6 is 15.9 Å². The van der Waals surface area contributed by atoms with Crippen LogP contribution in [0.15, 0.2) is 58.1 Å². The minimum Gasteiger partial charge on any atom is -0.378 e. The van der Waals surface area contributed by atoms with E-state index < -0.39 is 0 Å². The Morgan fingerprint density at radius 1 is 1.00 bits per heavy atom. The van der Waals surface area contributed by atoms with Gasteiger partial charge in [-0.05, 0) is 42.0 Å². The van der Waals surface area contributed by atoms with Crippen molar-refractivity contribution in [2.45, 2.75) is 12.8 Å². The van der Waals surface area contributed by atoms with Crippen LogP contribution in [0.4, 0.5) is 11.4 Å². The average molecular weight is 417 g/mol. The lowest BCUT2D eigenvalue weighted by molar-refractivity contribution is -0.124. The van der Waals surface area contributed by atoms with Crippen LogP contribution in [-0.2, 0) is 9.59 Å². The third-order valence-corrected chi connectivity index (χ3v) is 4.05. The lowest BCUT2D eigenvalue weighted by atomic mass is 10.2. The van der Waals surface area contributed by atoms with Gasteiger partial charge in [0.15, 0.2) is 0 Å². The highest BCUT2D eigenvalue weighted by atomic mass is 79.9. The maximum Gasteiger partial charge on any atom is 0.240 e.